The summed E-state index contributed by atoms with van der Waals surface area (Å²) in [6.45, 7) is 2.91. The van der Waals surface area contributed by atoms with Crippen LogP contribution in [0.3, 0.4) is 0 Å². The number of nitrogens with zero attached hydrogens (tertiary/aromatic N) is 2. The Kier molecular flexibility index (Phi) is 5.12. The second-order valence-electron chi connectivity index (χ2n) is 3.58. The molecule has 1 heterocycles. The van der Waals surface area contributed by atoms with E-state index in [1.165, 1.54) is 0 Å². The third-order valence-corrected chi connectivity index (χ3v) is 2.38. The predicted octanol–water partition coefficient (Wildman–Crippen LogP) is 3.10. The number of hydrogen-bond donors (Lipinski definition) is 2. The molecular formula is C10H16Cl2N4. The van der Waals surface area contributed by atoms with Crippen LogP contribution in [0.25, 0.3) is 0 Å². The van der Waals surface area contributed by atoms with E-state index in [4.69, 9.17) is 23.2 Å². The van der Waals surface area contributed by atoms with Crippen molar-refractivity contribution in [3.8, 4) is 0 Å². The second kappa shape index (κ2) is 6.13. The van der Waals surface area contributed by atoms with Crippen molar-refractivity contribution >= 4 is 34.8 Å². The summed E-state index contributed by atoms with van der Waals surface area (Å²) in [5, 5.41) is 5.94. The Hall–Kier alpha value is -0.710. The summed E-state index contributed by atoms with van der Waals surface area (Å²) >= 11 is 12.0. The number of halogens is 2. The predicted molar refractivity (Wildman–Crippen MR) is 70.3 cm³/mol. The summed E-state index contributed by atoms with van der Waals surface area (Å²) in [6, 6.07) is 1.68. The smallest absolute Gasteiger partial charge is 0.161 e. The zero-order valence-electron chi connectivity index (χ0n) is 9.64. The van der Waals surface area contributed by atoms with Gasteiger partial charge in [-0.3, -0.25) is 0 Å². The molecule has 16 heavy (non-hydrogen) atoms. The Morgan fingerprint density at radius 2 is 1.88 bits per heavy atom. The molecule has 0 aliphatic heterocycles. The molecule has 0 aromatic carbocycles. The zero-order valence-corrected chi connectivity index (χ0v) is 11.2. The van der Waals surface area contributed by atoms with Crippen molar-refractivity contribution in [3.05, 3.63) is 16.1 Å². The van der Waals surface area contributed by atoms with Crippen LogP contribution in [0.1, 0.15) is 13.3 Å². The number of pyridine rings is 1. The Labute approximate surface area is 106 Å². The maximum Gasteiger partial charge on any atom is 0.161 e. The molecule has 0 atom stereocenters. The first-order chi connectivity index (χ1) is 7.54. The van der Waals surface area contributed by atoms with Crippen molar-refractivity contribution in [2.75, 3.05) is 31.4 Å². The van der Waals surface area contributed by atoms with Gasteiger partial charge >= 0.3 is 0 Å². The summed E-state index contributed by atoms with van der Waals surface area (Å²) in [6.07, 6.45) is 1.01. The summed E-state index contributed by atoms with van der Waals surface area (Å²) in [7, 11) is 3.73. The molecule has 2 N–H and O–H groups in total. The fourth-order valence-electron chi connectivity index (χ4n) is 1.12. The van der Waals surface area contributed by atoms with E-state index in [-0.39, 0.29) is 0 Å². The van der Waals surface area contributed by atoms with Gasteiger partial charge in [0.2, 0.25) is 0 Å². The minimum Gasteiger partial charge on any atom is -0.369 e. The van der Waals surface area contributed by atoms with E-state index >= 15 is 0 Å². The third-order valence-electron chi connectivity index (χ3n) is 1.80. The van der Waals surface area contributed by atoms with Gasteiger partial charge in [-0.25, -0.2) is 9.99 Å². The fraction of sp³-hybridized carbons (Fsp3) is 0.500. The number of hydrogen-bond acceptors (Lipinski definition) is 4. The lowest BCUT2D eigenvalue weighted by molar-refractivity contribution is 0.492. The van der Waals surface area contributed by atoms with E-state index in [1.54, 1.807) is 11.1 Å². The minimum absolute atomic E-state index is 0.501. The molecule has 1 rings (SSSR count). The molecule has 1 aromatic rings. The van der Waals surface area contributed by atoms with Gasteiger partial charge in [0.1, 0.15) is 5.82 Å². The molecule has 0 saturated heterocycles. The Morgan fingerprint density at radius 3 is 2.44 bits per heavy atom. The average molecular weight is 263 g/mol. The summed E-state index contributed by atoms with van der Waals surface area (Å²) < 4.78 is 0. The average Bonchev–Trinajstić information content (AvgIpc) is 2.20. The SMILES string of the molecule is CCCNc1nc(NN(C)C)c(Cl)cc1Cl. The van der Waals surface area contributed by atoms with Gasteiger partial charge in [-0.05, 0) is 12.5 Å². The monoisotopic (exact) mass is 262 g/mol. The fourth-order valence-corrected chi connectivity index (χ4v) is 1.59. The van der Waals surface area contributed by atoms with Gasteiger partial charge < -0.3 is 10.7 Å². The molecule has 0 radical (unpaired) electrons. The van der Waals surface area contributed by atoms with Crippen LogP contribution < -0.4 is 10.7 Å². The van der Waals surface area contributed by atoms with Crippen molar-refractivity contribution < 1.29 is 0 Å². The molecule has 0 spiro atoms. The van der Waals surface area contributed by atoms with Gasteiger partial charge in [0.25, 0.3) is 0 Å². The summed E-state index contributed by atoms with van der Waals surface area (Å²) in [5.41, 5.74) is 3.01. The molecule has 90 valence electrons. The molecule has 1 aromatic heterocycles. The van der Waals surface area contributed by atoms with Crippen LogP contribution in [-0.2, 0) is 0 Å². The van der Waals surface area contributed by atoms with Gasteiger partial charge in [0.05, 0.1) is 10.0 Å². The molecule has 0 saturated carbocycles. The highest BCUT2D eigenvalue weighted by Gasteiger charge is 2.09. The third kappa shape index (κ3) is 3.70. The van der Waals surface area contributed by atoms with Gasteiger partial charge in [0.15, 0.2) is 5.82 Å². The first-order valence-electron chi connectivity index (χ1n) is 5.08. The molecule has 0 amide bonds. The maximum absolute atomic E-state index is 6.02. The largest absolute Gasteiger partial charge is 0.369 e. The van der Waals surface area contributed by atoms with Gasteiger partial charge in [0, 0.05) is 20.6 Å². The molecule has 4 nitrogen and oxygen atoms in total. The molecule has 6 heteroatoms. The molecule has 0 bridgehead atoms. The maximum atomic E-state index is 6.02. The van der Waals surface area contributed by atoms with Gasteiger partial charge in [-0.1, -0.05) is 30.1 Å². The van der Waals surface area contributed by atoms with Crippen LogP contribution in [-0.4, -0.2) is 30.6 Å². The normalized spacial score (nSPS) is 10.6. The lowest BCUT2D eigenvalue weighted by atomic mass is 10.4. The molecule has 0 aliphatic rings. The highest BCUT2D eigenvalue weighted by Crippen LogP contribution is 2.29. The molecular weight excluding hydrogens is 247 g/mol. The molecule has 0 unspecified atom stereocenters. The van der Waals surface area contributed by atoms with E-state index in [2.05, 4.69) is 22.7 Å². The Bertz CT molecular complexity index is 355. The number of anilines is 2. The first-order valence-corrected chi connectivity index (χ1v) is 5.84. The summed E-state index contributed by atoms with van der Waals surface area (Å²) in [4.78, 5) is 4.32. The van der Waals surface area contributed by atoms with E-state index < -0.39 is 0 Å². The van der Waals surface area contributed by atoms with Gasteiger partial charge in [-0.2, -0.15) is 0 Å². The molecule has 0 aliphatic carbocycles. The van der Waals surface area contributed by atoms with Crippen LogP contribution in [0.4, 0.5) is 11.6 Å². The number of rotatable bonds is 5. The topological polar surface area (TPSA) is 40.2 Å². The van der Waals surface area contributed by atoms with E-state index in [1.807, 2.05) is 14.1 Å². The van der Waals surface area contributed by atoms with Crippen molar-refractivity contribution in [1.29, 1.82) is 0 Å². The summed E-state index contributed by atoms with van der Waals surface area (Å²) in [5.74, 6) is 1.24. The van der Waals surface area contributed by atoms with E-state index in [0.717, 1.165) is 13.0 Å². The highest BCUT2D eigenvalue weighted by atomic mass is 35.5. The minimum atomic E-state index is 0.501. The second-order valence-corrected chi connectivity index (χ2v) is 4.40. The Morgan fingerprint density at radius 1 is 1.25 bits per heavy atom. The zero-order chi connectivity index (χ0) is 12.1. The van der Waals surface area contributed by atoms with Crippen LogP contribution >= 0.6 is 23.2 Å². The van der Waals surface area contributed by atoms with E-state index in [9.17, 15) is 0 Å². The number of aromatic nitrogens is 1. The number of nitrogens with one attached hydrogen (secondary N) is 2. The van der Waals surface area contributed by atoms with Gasteiger partial charge in [-0.15, -0.1) is 0 Å². The van der Waals surface area contributed by atoms with E-state index in [0.29, 0.717) is 21.7 Å². The quantitative estimate of drug-likeness (QED) is 0.801. The van der Waals surface area contributed by atoms with Crippen LogP contribution in [0.2, 0.25) is 10.0 Å². The standard InChI is InChI=1S/C10H16Cl2N4/c1-4-5-13-9-7(11)6-8(12)10(14-9)15-16(2)3/h6H,4-5H2,1-3H3,(H2,13,14,15). The van der Waals surface area contributed by atoms with Crippen LogP contribution in [0.15, 0.2) is 6.07 Å². The lowest BCUT2D eigenvalue weighted by Crippen LogP contribution is -2.21. The highest BCUT2D eigenvalue weighted by molar-refractivity contribution is 6.37. The van der Waals surface area contributed by atoms with Crippen LogP contribution in [0.5, 0.6) is 0 Å². The molecule has 0 fully saturated rings. The van der Waals surface area contributed by atoms with Crippen molar-refractivity contribution in [2.45, 2.75) is 13.3 Å². The Balaban J connectivity index is 2.92. The van der Waals surface area contributed by atoms with Crippen LogP contribution in [0, 0.1) is 0 Å². The lowest BCUT2D eigenvalue weighted by Gasteiger charge is -2.16. The van der Waals surface area contributed by atoms with Crippen molar-refractivity contribution in [3.63, 3.8) is 0 Å². The van der Waals surface area contributed by atoms with Crippen molar-refractivity contribution in [2.24, 2.45) is 0 Å². The first kappa shape index (κ1) is 13.4. The van der Waals surface area contributed by atoms with Crippen molar-refractivity contribution in [1.82, 2.24) is 9.99 Å². The number of hydrazine groups is 1.